The van der Waals surface area contributed by atoms with Crippen LogP contribution in [-0.4, -0.2) is 17.6 Å². The maximum absolute atomic E-state index is 11.8. The normalized spacial score (nSPS) is 12.1. The summed E-state index contributed by atoms with van der Waals surface area (Å²) in [6.45, 7) is 0.354. The van der Waals surface area contributed by atoms with E-state index in [0.717, 1.165) is 0 Å². The molecule has 1 unspecified atom stereocenters. The highest BCUT2D eigenvalue weighted by atomic mass is 35.5. The van der Waals surface area contributed by atoms with E-state index in [-0.39, 0.29) is 5.91 Å². The molecule has 1 amide bonds. The fraction of sp³-hybridized carbons (Fsp3) is 0.214. The van der Waals surface area contributed by atoms with Crippen LogP contribution in [0.4, 0.5) is 0 Å². The number of hydrogen-bond donors (Lipinski definition) is 2. The van der Waals surface area contributed by atoms with Crippen molar-refractivity contribution in [2.45, 2.75) is 12.5 Å². The van der Waals surface area contributed by atoms with Crippen molar-refractivity contribution in [1.29, 1.82) is 0 Å². The number of hydrogen-bond acceptors (Lipinski definition) is 3. The van der Waals surface area contributed by atoms with Gasteiger partial charge in [0.05, 0.1) is 6.26 Å². The predicted molar refractivity (Wildman–Crippen MR) is 72.1 cm³/mol. The van der Waals surface area contributed by atoms with Crippen molar-refractivity contribution in [2.75, 3.05) is 6.54 Å². The second kappa shape index (κ2) is 6.41. The van der Waals surface area contributed by atoms with Crippen LogP contribution in [0.5, 0.6) is 0 Å². The molecule has 1 heterocycles. The molecule has 1 aromatic heterocycles. The maximum Gasteiger partial charge on any atom is 0.251 e. The SMILES string of the molecule is O=C(NCCC(O)c1ccco1)c1cccc(Cl)c1. The van der Waals surface area contributed by atoms with E-state index in [1.54, 1.807) is 36.4 Å². The lowest BCUT2D eigenvalue weighted by molar-refractivity contribution is 0.0936. The number of amides is 1. The summed E-state index contributed by atoms with van der Waals surface area (Å²) in [5.74, 6) is 0.283. The molecule has 19 heavy (non-hydrogen) atoms. The first-order valence-electron chi connectivity index (χ1n) is 5.92. The Morgan fingerprint density at radius 1 is 1.37 bits per heavy atom. The van der Waals surface area contributed by atoms with Gasteiger partial charge in [-0.1, -0.05) is 17.7 Å². The number of benzene rings is 1. The number of furan rings is 1. The number of halogens is 1. The number of carbonyl (C=O) groups is 1. The Labute approximate surface area is 116 Å². The topological polar surface area (TPSA) is 62.5 Å². The van der Waals surface area contributed by atoms with Crippen LogP contribution in [0.15, 0.2) is 47.1 Å². The van der Waals surface area contributed by atoms with Crippen LogP contribution in [0.1, 0.15) is 28.6 Å². The summed E-state index contributed by atoms with van der Waals surface area (Å²) >= 11 is 5.81. The Balaban J connectivity index is 1.81. The number of aliphatic hydroxyl groups excluding tert-OH is 1. The highest BCUT2D eigenvalue weighted by Gasteiger charge is 2.11. The summed E-state index contributed by atoms with van der Waals surface area (Å²) < 4.78 is 5.07. The van der Waals surface area contributed by atoms with E-state index in [4.69, 9.17) is 16.0 Å². The average molecular weight is 280 g/mol. The molecule has 0 saturated heterocycles. The molecule has 5 heteroatoms. The largest absolute Gasteiger partial charge is 0.467 e. The van der Waals surface area contributed by atoms with E-state index in [1.165, 1.54) is 6.26 Å². The van der Waals surface area contributed by atoms with Gasteiger partial charge in [-0.15, -0.1) is 0 Å². The number of carbonyl (C=O) groups excluding carboxylic acids is 1. The molecule has 2 aromatic rings. The van der Waals surface area contributed by atoms with Crippen LogP contribution in [0.25, 0.3) is 0 Å². The number of rotatable bonds is 5. The third kappa shape index (κ3) is 3.84. The molecule has 1 aromatic carbocycles. The van der Waals surface area contributed by atoms with Crippen LogP contribution >= 0.6 is 11.6 Å². The summed E-state index contributed by atoms with van der Waals surface area (Å²) in [5, 5.41) is 13.0. The highest BCUT2D eigenvalue weighted by Crippen LogP contribution is 2.16. The lowest BCUT2D eigenvalue weighted by Crippen LogP contribution is -2.25. The Bertz CT molecular complexity index is 539. The van der Waals surface area contributed by atoms with Gasteiger partial charge >= 0.3 is 0 Å². The Morgan fingerprint density at radius 2 is 2.21 bits per heavy atom. The summed E-state index contributed by atoms with van der Waals surface area (Å²) in [6, 6.07) is 10.1. The average Bonchev–Trinajstić information content (AvgIpc) is 2.92. The Morgan fingerprint density at radius 3 is 2.89 bits per heavy atom. The fourth-order valence-electron chi connectivity index (χ4n) is 1.68. The first-order chi connectivity index (χ1) is 9.16. The predicted octanol–water partition coefficient (Wildman–Crippen LogP) is 2.79. The fourth-order valence-corrected chi connectivity index (χ4v) is 1.87. The van der Waals surface area contributed by atoms with Crippen LogP contribution in [0, 0.1) is 0 Å². The summed E-state index contributed by atoms with van der Waals surface area (Å²) in [4.78, 5) is 11.8. The van der Waals surface area contributed by atoms with E-state index >= 15 is 0 Å². The zero-order valence-corrected chi connectivity index (χ0v) is 10.9. The summed E-state index contributed by atoms with van der Waals surface area (Å²) in [5.41, 5.74) is 0.500. The lowest BCUT2D eigenvalue weighted by atomic mass is 10.2. The number of aliphatic hydroxyl groups is 1. The number of nitrogens with one attached hydrogen (secondary N) is 1. The van der Waals surface area contributed by atoms with E-state index in [2.05, 4.69) is 5.32 Å². The monoisotopic (exact) mass is 279 g/mol. The van der Waals surface area contributed by atoms with E-state index in [9.17, 15) is 9.90 Å². The van der Waals surface area contributed by atoms with Gasteiger partial charge in [-0.05, 0) is 36.8 Å². The molecule has 2 rings (SSSR count). The van der Waals surface area contributed by atoms with Crippen LogP contribution < -0.4 is 5.32 Å². The molecule has 0 fully saturated rings. The molecule has 4 nitrogen and oxygen atoms in total. The van der Waals surface area contributed by atoms with Gasteiger partial charge in [0.15, 0.2) is 0 Å². The maximum atomic E-state index is 11.8. The molecular formula is C14H14ClNO3. The van der Waals surface area contributed by atoms with Gasteiger partial charge in [-0.3, -0.25) is 4.79 Å². The molecule has 0 saturated carbocycles. The van der Waals surface area contributed by atoms with Gasteiger partial charge in [0.2, 0.25) is 0 Å². The second-order valence-corrected chi connectivity index (χ2v) is 4.52. The van der Waals surface area contributed by atoms with Gasteiger partial charge in [0.25, 0.3) is 5.91 Å². The molecular weight excluding hydrogens is 266 g/mol. The molecule has 0 aliphatic rings. The van der Waals surface area contributed by atoms with E-state index in [0.29, 0.717) is 29.3 Å². The second-order valence-electron chi connectivity index (χ2n) is 4.09. The lowest BCUT2D eigenvalue weighted by Gasteiger charge is -2.09. The molecule has 0 bridgehead atoms. The van der Waals surface area contributed by atoms with Crippen molar-refractivity contribution < 1.29 is 14.3 Å². The van der Waals surface area contributed by atoms with Crippen molar-refractivity contribution in [1.82, 2.24) is 5.32 Å². The van der Waals surface area contributed by atoms with Crippen molar-refractivity contribution in [2.24, 2.45) is 0 Å². The Kier molecular flexibility index (Phi) is 4.60. The van der Waals surface area contributed by atoms with E-state index in [1.807, 2.05) is 0 Å². The molecule has 0 radical (unpaired) electrons. The third-order valence-corrected chi connectivity index (χ3v) is 2.90. The first-order valence-corrected chi connectivity index (χ1v) is 6.30. The van der Waals surface area contributed by atoms with E-state index < -0.39 is 6.10 Å². The van der Waals surface area contributed by atoms with Crippen molar-refractivity contribution in [3.8, 4) is 0 Å². The first kappa shape index (κ1) is 13.6. The van der Waals surface area contributed by atoms with Crippen LogP contribution in [-0.2, 0) is 0 Å². The van der Waals surface area contributed by atoms with Gasteiger partial charge in [0.1, 0.15) is 11.9 Å². The molecule has 0 aliphatic heterocycles. The van der Waals surface area contributed by atoms with Crippen molar-refractivity contribution in [3.63, 3.8) is 0 Å². The molecule has 2 N–H and O–H groups in total. The minimum atomic E-state index is -0.713. The van der Waals surface area contributed by atoms with Gasteiger partial charge in [-0.25, -0.2) is 0 Å². The molecule has 0 spiro atoms. The minimum Gasteiger partial charge on any atom is -0.467 e. The van der Waals surface area contributed by atoms with Crippen LogP contribution in [0.2, 0.25) is 5.02 Å². The van der Waals surface area contributed by atoms with Gasteiger partial charge in [-0.2, -0.15) is 0 Å². The highest BCUT2D eigenvalue weighted by molar-refractivity contribution is 6.30. The molecule has 100 valence electrons. The smallest absolute Gasteiger partial charge is 0.251 e. The standard InChI is InChI=1S/C14H14ClNO3/c15-11-4-1-3-10(9-11)14(18)16-7-6-12(17)13-5-2-8-19-13/h1-5,8-9,12,17H,6-7H2,(H,16,18). The molecule has 1 atom stereocenters. The van der Waals surface area contributed by atoms with Crippen LogP contribution in [0.3, 0.4) is 0 Å². The van der Waals surface area contributed by atoms with Crippen molar-refractivity contribution in [3.05, 3.63) is 59.0 Å². The van der Waals surface area contributed by atoms with Gasteiger partial charge < -0.3 is 14.8 Å². The quantitative estimate of drug-likeness (QED) is 0.885. The summed E-state index contributed by atoms with van der Waals surface area (Å²) in [7, 11) is 0. The molecule has 0 aliphatic carbocycles. The van der Waals surface area contributed by atoms with Gasteiger partial charge in [0, 0.05) is 17.1 Å². The van der Waals surface area contributed by atoms with Crippen molar-refractivity contribution >= 4 is 17.5 Å². The minimum absolute atomic E-state index is 0.214. The zero-order valence-electron chi connectivity index (χ0n) is 10.2. The zero-order chi connectivity index (χ0) is 13.7. The summed E-state index contributed by atoms with van der Waals surface area (Å²) in [6.07, 6.45) is 1.18. The Hall–Kier alpha value is -1.78. The third-order valence-electron chi connectivity index (χ3n) is 2.66.